The second kappa shape index (κ2) is 5.12. The topological polar surface area (TPSA) is 101 Å². The quantitative estimate of drug-likeness (QED) is 0.752. The summed E-state index contributed by atoms with van der Waals surface area (Å²) in [6.45, 7) is 3.89. The molecule has 0 saturated carbocycles. The molecule has 1 aromatic carbocycles. The van der Waals surface area contributed by atoms with E-state index in [-0.39, 0.29) is 22.3 Å². The Bertz CT molecular complexity index is 725. The lowest BCUT2D eigenvalue weighted by molar-refractivity contribution is 0.596. The Balaban J connectivity index is 2.28. The zero-order chi connectivity index (χ0) is 14.9. The van der Waals surface area contributed by atoms with Gasteiger partial charge in [-0.2, -0.15) is 5.10 Å². The third-order valence-electron chi connectivity index (χ3n) is 2.74. The van der Waals surface area contributed by atoms with E-state index < -0.39 is 15.8 Å². The number of hydrogen-bond acceptors (Lipinski definition) is 4. The minimum absolute atomic E-state index is 0.106. The fourth-order valence-corrected chi connectivity index (χ4v) is 2.56. The number of anilines is 2. The molecule has 0 aliphatic rings. The Hall–Kier alpha value is -2.09. The van der Waals surface area contributed by atoms with Crippen LogP contribution in [0.3, 0.4) is 0 Å². The molecule has 0 aliphatic heterocycles. The van der Waals surface area contributed by atoms with Gasteiger partial charge in [0.25, 0.3) is 10.0 Å². The molecule has 0 atom stereocenters. The zero-order valence-electron chi connectivity index (χ0n) is 11.0. The van der Waals surface area contributed by atoms with Crippen molar-refractivity contribution in [2.45, 2.75) is 24.7 Å². The van der Waals surface area contributed by atoms with Crippen molar-refractivity contribution in [1.82, 2.24) is 10.2 Å². The number of sulfonamides is 1. The number of nitrogens with one attached hydrogen (secondary N) is 2. The van der Waals surface area contributed by atoms with E-state index in [9.17, 15) is 12.8 Å². The molecule has 20 heavy (non-hydrogen) atoms. The van der Waals surface area contributed by atoms with Gasteiger partial charge in [0.1, 0.15) is 5.82 Å². The summed E-state index contributed by atoms with van der Waals surface area (Å²) in [5.41, 5.74) is 6.01. The normalized spacial score (nSPS) is 11.8. The van der Waals surface area contributed by atoms with Crippen molar-refractivity contribution < 1.29 is 12.8 Å². The van der Waals surface area contributed by atoms with Crippen LogP contribution in [0.15, 0.2) is 29.2 Å². The Morgan fingerprint density at radius 2 is 2.05 bits per heavy atom. The SMILES string of the molecule is CC(C)c1cc(NS(=O)(=O)c2ccc(N)c(F)c2)n[nH]1. The number of halogens is 1. The number of H-pyrrole nitrogens is 1. The average Bonchev–Trinajstić information content (AvgIpc) is 2.80. The van der Waals surface area contributed by atoms with Gasteiger partial charge < -0.3 is 5.73 Å². The Morgan fingerprint density at radius 3 is 2.60 bits per heavy atom. The maximum Gasteiger partial charge on any atom is 0.263 e. The fraction of sp³-hybridized carbons (Fsp3) is 0.250. The lowest BCUT2D eigenvalue weighted by Gasteiger charge is -2.06. The van der Waals surface area contributed by atoms with Crippen LogP contribution in [0, 0.1) is 5.82 Å². The maximum absolute atomic E-state index is 13.3. The Morgan fingerprint density at radius 1 is 1.35 bits per heavy atom. The molecule has 0 unspecified atom stereocenters. The van der Waals surface area contributed by atoms with E-state index in [1.807, 2.05) is 13.8 Å². The highest BCUT2D eigenvalue weighted by atomic mass is 32.2. The molecule has 0 bridgehead atoms. The number of aromatic nitrogens is 2. The van der Waals surface area contributed by atoms with Crippen LogP contribution in [0.4, 0.5) is 15.9 Å². The van der Waals surface area contributed by atoms with Crippen LogP contribution in [0.2, 0.25) is 0 Å². The number of benzene rings is 1. The number of aromatic amines is 1. The molecule has 4 N–H and O–H groups in total. The van der Waals surface area contributed by atoms with E-state index in [1.54, 1.807) is 6.07 Å². The van der Waals surface area contributed by atoms with Crippen molar-refractivity contribution in [3.8, 4) is 0 Å². The van der Waals surface area contributed by atoms with E-state index in [0.29, 0.717) is 0 Å². The van der Waals surface area contributed by atoms with Gasteiger partial charge in [-0.15, -0.1) is 0 Å². The molecule has 0 radical (unpaired) electrons. The molecule has 0 amide bonds. The molecule has 1 heterocycles. The number of nitrogens with two attached hydrogens (primary N) is 1. The smallest absolute Gasteiger partial charge is 0.263 e. The van der Waals surface area contributed by atoms with Gasteiger partial charge in [-0.1, -0.05) is 13.8 Å². The van der Waals surface area contributed by atoms with Crippen LogP contribution in [-0.4, -0.2) is 18.6 Å². The predicted octanol–water partition coefficient (Wildman–Crippen LogP) is 2.06. The summed E-state index contributed by atoms with van der Waals surface area (Å²) in [5, 5.41) is 6.58. The lowest BCUT2D eigenvalue weighted by Crippen LogP contribution is -2.13. The lowest BCUT2D eigenvalue weighted by atomic mass is 10.1. The molecule has 108 valence electrons. The first kappa shape index (κ1) is 14.3. The minimum atomic E-state index is -3.89. The monoisotopic (exact) mass is 298 g/mol. The standard InChI is InChI=1S/C12H15FN4O2S/c1-7(2)11-6-12(16-15-11)17-20(18,19)8-3-4-10(14)9(13)5-8/h3-7H,14H2,1-2H3,(H2,15,16,17). The highest BCUT2D eigenvalue weighted by Crippen LogP contribution is 2.20. The predicted molar refractivity (Wildman–Crippen MR) is 74.3 cm³/mol. The summed E-state index contributed by atoms with van der Waals surface area (Å²) in [6.07, 6.45) is 0. The minimum Gasteiger partial charge on any atom is -0.396 e. The molecule has 6 nitrogen and oxygen atoms in total. The first-order chi connectivity index (χ1) is 9.29. The summed E-state index contributed by atoms with van der Waals surface area (Å²) in [7, 11) is -3.89. The first-order valence-electron chi connectivity index (χ1n) is 5.93. The van der Waals surface area contributed by atoms with Gasteiger partial charge in [-0.05, 0) is 24.1 Å². The molecule has 0 saturated heterocycles. The van der Waals surface area contributed by atoms with E-state index in [0.717, 1.165) is 11.8 Å². The van der Waals surface area contributed by atoms with Crippen molar-refractivity contribution in [3.63, 3.8) is 0 Å². The number of hydrogen-bond donors (Lipinski definition) is 3. The molecule has 2 rings (SSSR count). The Kier molecular flexibility index (Phi) is 3.67. The van der Waals surface area contributed by atoms with Crippen LogP contribution in [-0.2, 0) is 10.0 Å². The van der Waals surface area contributed by atoms with E-state index in [1.165, 1.54) is 12.1 Å². The van der Waals surface area contributed by atoms with E-state index >= 15 is 0 Å². The van der Waals surface area contributed by atoms with Gasteiger partial charge in [0.2, 0.25) is 0 Å². The Labute approximate surface area is 116 Å². The molecule has 0 spiro atoms. The molecule has 0 fully saturated rings. The summed E-state index contributed by atoms with van der Waals surface area (Å²) in [5.74, 6) is -0.432. The average molecular weight is 298 g/mol. The first-order valence-corrected chi connectivity index (χ1v) is 7.41. The molecule has 0 aliphatic carbocycles. The van der Waals surface area contributed by atoms with Crippen molar-refractivity contribution in [2.75, 3.05) is 10.5 Å². The molecular weight excluding hydrogens is 283 g/mol. The van der Waals surface area contributed by atoms with Gasteiger partial charge in [-0.25, -0.2) is 12.8 Å². The van der Waals surface area contributed by atoms with Crippen molar-refractivity contribution >= 4 is 21.5 Å². The van der Waals surface area contributed by atoms with E-state index in [2.05, 4.69) is 14.9 Å². The van der Waals surface area contributed by atoms with Gasteiger partial charge in [0.15, 0.2) is 5.82 Å². The second-order valence-corrected chi connectivity index (χ2v) is 6.33. The van der Waals surface area contributed by atoms with Crippen LogP contribution >= 0.6 is 0 Å². The zero-order valence-corrected chi connectivity index (χ0v) is 11.8. The number of rotatable bonds is 4. The molecule has 1 aromatic heterocycles. The molecule has 8 heteroatoms. The highest BCUT2D eigenvalue weighted by Gasteiger charge is 2.17. The summed E-state index contributed by atoms with van der Waals surface area (Å²) in [6, 6.07) is 4.90. The largest absolute Gasteiger partial charge is 0.396 e. The van der Waals surface area contributed by atoms with Crippen molar-refractivity contribution in [1.29, 1.82) is 0 Å². The third-order valence-corrected chi connectivity index (χ3v) is 4.09. The number of nitrogens with zero attached hydrogens (tertiary/aromatic N) is 1. The van der Waals surface area contributed by atoms with Crippen LogP contribution in [0.1, 0.15) is 25.5 Å². The van der Waals surface area contributed by atoms with E-state index in [4.69, 9.17) is 5.73 Å². The van der Waals surface area contributed by atoms with Crippen molar-refractivity contribution in [3.05, 3.63) is 35.8 Å². The van der Waals surface area contributed by atoms with Gasteiger partial charge >= 0.3 is 0 Å². The van der Waals surface area contributed by atoms with Gasteiger partial charge in [0.05, 0.1) is 10.6 Å². The number of nitrogen functional groups attached to an aromatic ring is 1. The van der Waals surface area contributed by atoms with Crippen LogP contribution < -0.4 is 10.5 Å². The third kappa shape index (κ3) is 2.90. The van der Waals surface area contributed by atoms with Gasteiger partial charge in [0, 0.05) is 11.8 Å². The summed E-state index contributed by atoms with van der Waals surface area (Å²) < 4.78 is 39.7. The fourth-order valence-electron chi connectivity index (χ4n) is 1.56. The summed E-state index contributed by atoms with van der Waals surface area (Å²) >= 11 is 0. The molecule has 2 aromatic rings. The molecular formula is C12H15FN4O2S. The van der Waals surface area contributed by atoms with Crippen molar-refractivity contribution in [2.24, 2.45) is 0 Å². The van der Waals surface area contributed by atoms with Crippen LogP contribution in [0.25, 0.3) is 0 Å². The second-order valence-electron chi connectivity index (χ2n) is 4.65. The highest BCUT2D eigenvalue weighted by molar-refractivity contribution is 7.92. The van der Waals surface area contributed by atoms with Gasteiger partial charge in [-0.3, -0.25) is 9.82 Å². The summed E-state index contributed by atoms with van der Waals surface area (Å²) in [4.78, 5) is -0.210. The maximum atomic E-state index is 13.3. The van der Waals surface area contributed by atoms with Crippen LogP contribution in [0.5, 0.6) is 0 Å².